The molecule has 0 aliphatic carbocycles. The van der Waals surface area contributed by atoms with Crippen LogP contribution in [0.15, 0.2) is 46.7 Å². The Kier molecular flexibility index (Phi) is 5.86. The highest BCUT2D eigenvalue weighted by Gasteiger charge is 2.31. The van der Waals surface area contributed by atoms with Gasteiger partial charge in [0.25, 0.3) is 0 Å². The summed E-state index contributed by atoms with van der Waals surface area (Å²) in [4.78, 5) is 0.533. The third-order valence-corrected chi connectivity index (χ3v) is 5.40. The molecule has 0 bridgehead atoms. The van der Waals surface area contributed by atoms with E-state index in [-0.39, 0.29) is 17.9 Å². The van der Waals surface area contributed by atoms with Gasteiger partial charge in [-0.3, -0.25) is 0 Å². The standard InChI is InChI=1S/C14H14F3NO4S2/c15-14(16,17)22-10-3-5-11(6-4-10)24(20,21)18-8-7-12(19)13-2-1-9-23-13/h1-6,9,12,18-19H,7-8H2. The van der Waals surface area contributed by atoms with Gasteiger partial charge in [-0.25, -0.2) is 13.1 Å². The van der Waals surface area contributed by atoms with Crippen LogP contribution in [-0.4, -0.2) is 26.4 Å². The zero-order valence-corrected chi connectivity index (χ0v) is 13.8. The van der Waals surface area contributed by atoms with Gasteiger partial charge < -0.3 is 9.84 Å². The Balaban J connectivity index is 1.92. The van der Waals surface area contributed by atoms with E-state index in [1.165, 1.54) is 11.3 Å². The molecule has 1 atom stereocenters. The average Bonchev–Trinajstić information content (AvgIpc) is 3.00. The fraction of sp³-hybridized carbons (Fsp3) is 0.286. The van der Waals surface area contributed by atoms with Gasteiger partial charge in [-0.1, -0.05) is 6.07 Å². The lowest BCUT2D eigenvalue weighted by atomic mass is 10.2. The van der Waals surface area contributed by atoms with Crippen molar-refractivity contribution in [3.63, 3.8) is 0 Å². The maximum Gasteiger partial charge on any atom is 0.573 e. The molecule has 0 spiro atoms. The van der Waals surface area contributed by atoms with Gasteiger partial charge in [0.1, 0.15) is 5.75 Å². The summed E-state index contributed by atoms with van der Waals surface area (Å²) >= 11 is 1.36. The first-order chi connectivity index (χ1) is 11.2. The second kappa shape index (κ2) is 7.51. The van der Waals surface area contributed by atoms with Gasteiger partial charge in [0.15, 0.2) is 0 Å². The van der Waals surface area contributed by atoms with Crippen molar-refractivity contribution in [3.05, 3.63) is 46.7 Å². The van der Waals surface area contributed by atoms with Gasteiger partial charge >= 0.3 is 6.36 Å². The fourth-order valence-electron chi connectivity index (χ4n) is 1.86. The first-order valence-electron chi connectivity index (χ1n) is 6.74. The minimum absolute atomic E-state index is 0.0117. The molecule has 0 aliphatic heterocycles. The maximum atomic E-state index is 12.1. The van der Waals surface area contributed by atoms with Crippen LogP contribution in [0.2, 0.25) is 0 Å². The van der Waals surface area contributed by atoms with E-state index in [2.05, 4.69) is 9.46 Å². The highest BCUT2D eigenvalue weighted by molar-refractivity contribution is 7.89. The van der Waals surface area contributed by atoms with Crippen LogP contribution in [0.3, 0.4) is 0 Å². The van der Waals surface area contributed by atoms with E-state index in [4.69, 9.17) is 0 Å². The molecule has 1 aromatic heterocycles. The predicted molar refractivity (Wildman–Crippen MR) is 82.2 cm³/mol. The lowest BCUT2D eigenvalue weighted by Gasteiger charge is -2.11. The van der Waals surface area contributed by atoms with Crippen molar-refractivity contribution < 1.29 is 31.4 Å². The largest absolute Gasteiger partial charge is 0.573 e. The molecule has 132 valence electrons. The summed E-state index contributed by atoms with van der Waals surface area (Å²) in [6.07, 6.45) is -5.44. The normalized spacial score (nSPS) is 13.7. The van der Waals surface area contributed by atoms with E-state index in [1.807, 2.05) is 0 Å². The molecule has 0 saturated carbocycles. The molecule has 0 fully saturated rings. The summed E-state index contributed by atoms with van der Waals surface area (Å²) in [5, 5.41) is 11.7. The van der Waals surface area contributed by atoms with Crippen LogP contribution in [0, 0.1) is 0 Å². The van der Waals surface area contributed by atoms with Gasteiger partial charge in [-0.05, 0) is 42.1 Å². The number of ether oxygens (including phenoxy) is 1. The predicted octanol–water partition coefficient (Wildman–Crippen LogP) is 3.05. The van der Waals surface area contributed by atoms with Crippen molar-refractivity contribution >= 4 is 21.4 Å². The van der Waals surface area contributed by atoms with Gasteiger partial charge in [0, 0.05) is 11.4 Å². The molecular weight excluding hydrogens is 367 g/mol. The number of alkyl halides is 3. The first kappa shape index (κ1) is 18.7. The molecule has 10 heteroatoms. The number of sulfonamides is 1. The lowest BCUT2D eigenvalue weighted by molar-refractivity contribution is -0.274. The maximum absolute atomic E-state index is 12.1. The summed E-state index contributed by atoms with van der Waals surface area (Å²) in [7, 11) is -3.88. The van der Waals surface area contributed by atoms with Crippen molar-refractivity contribution in [2.75, 3.05) is 6.54 Å². The van der Waals surface area contributed by atoms with Crippen molar-refractivity contribution in [2.45, 2.75) is 23.8 Å². The monoisotopic (exact) mass is 381 g/mol. The molecular formula is C14H14F3NO4S2. The molecule has 24 heavy (non-hydrogen) atoms. The fourth-order valence-corrected chi connectivity index (χ4v) is 3.65. The van der Waals surface area contributed by atoms with Crippen LogP contribution < -0.4 is 9.46 Å². The van der Waals surface area contributed by atoms with Crippen LogP contribution in [0.1, 0.15) is 17.4 Å². The second-order valence-corrected chi connectivity index (χ2v) is 7.48. The van der Waals surface area contributed by atoms with Gasteiger partial charge in [0.2, 0.25) is 10.0 Å². The third kappa shape index (κ3) is 5.48. The molecule has 5 nitrogen and oxygen atoms in total. The summed E-state index contributed by atoms with van der Waals surface area (Å²) < 4.78 is 66.2. The van der Waals surface area contributed by atoms with Crippen LogP contribution in [-0.2, 0) is 10.0 Å². The van der Waals surface area contributed by atoms with E-state index in [0.29, 0.717) is 0 Å². The number of thiophene rings is 1. The Morgan fingerprint density at radius 1 is 1.21 bits per heavy atom. The smallest absolute Gasteiger partial charge is 0.406 e. The van der Waals surface area contributed by atoms with Crippen LogP contribution >= 0.6 is 11.3 Å². The Hall–Kier alpha value is -1.62. The highest BCUT2D eigenvalue weighted by Crippen LogP contribution is 2.24. The minimum Gasteiger partial charge on any atom is -0.406 e. The number of hydrogen-bond acceptors (Lipinski definition) is 5. The van der Waals surface area contributed by atoms with E-state index >= 15 is 0 Å². The van der Waals surface area contributed by atoms with Crippen LogP contribution in [0.25, 0.3) is 0 Å². The summed E-state index contributed by atoms with van der Waals surface area (Å²) in [6.45, 7) is -0.0117. The molecule has 0 amide bonds. The zero-order valence-electron chi connectivity index (χ0n) is 12.2. The van der Waals surface area contributed by atoms with E-state index in [9.17, 15) is 26.7 Å². The topological polar surface area (TPSA) is 75.6 Å². The summed E-state index contributed by atoms with van der Waals surface area (Å²) in [5.74, 6) is -0.505. The Morgan fingerprint density at radius 2 is 1.88 bits per heavy atom. The van der Waals surface area contributed by atoms with Crippen molar-refractivity contribution in [2.24, 2.45) is 0 Å². The second-order valence-electron chi connectivity index (χ2n) is 4.74. The number of aliphatic hydroxyl groups excluding tert-OH is 1. The Bertz CT molecular complexity index is 743. The molecule has 2 rings (SSSR count). The summed E-state index contributed by atoms with van der Waals surface area (Å²) in [5.41, 5.74) is 0. The Morgan fingerprint density at radius 3 is 2.42 bits per heavy atom. The van der Waals surface area contributed by atoms with Crippen LogP contribution in [0.5, 0.6) is 5.75 Å². The van der Waals surface area contributed by atoms with Gasteiger partial charge in [-0.15, -0.1) is 24.5 Å². The first-order valence-corrected chi connectivity index (χ1v) is 9.10. The zero-order chi connectivity index (χ0) is 17.8. The quantitative estimate of drug-likeness (QED) is 0.773. The molecule has 1 unspecified atom stereocenters. The van der Waals surface area contributed by atoms with E-state index in [0.717, 1.165) is 29.1 Å². The van der Waals surface area contributed by atoms with E-state index < -0.39 is 28.2 Å². The SMILES string of the molecule is O=S(=O)(NCCC(O)c1cccs1)c1ccc(OC(F)(F)F)cc1. The molecule has 0 aliphatic rings. The lowest BCUT2D eigenvalue weighted by Crippen LogP contribution is -2.26. The van der Waals surface area contributed by atoms with Crippen LogP contribution in [0.4, 0.5) is 13.2 Å². The Labute approximate surface area is 140 Å². The minimum atomic E-state index is -4.84. The van der Waals surface area contributed by atoms with E-state index in [1.54, 1.807) is 17.5 Å². The molecule has 2 aromatic rings. The third-order valence-electron chi connectivity index (χ3n) is 2.95. The van der Waals surface area contributed by atoms with Gasteiger partial charge in [0.05, 0.1) is 11.0 Å². The average molecular weight is 381 g/mol. The number of hydrogen-bond donors (Lipinski definition) is 2. The van der Waals surface area contributed by atoms with Crippen molar-refractivity contribution in [1.29, 1.82) is 0 Å². The number of benzene rings is 1. The summed E-state index contributed by atoms with van der Waals surface area (Å²) in [6, 6.07) is 7.38. The molecule has 1 heterocycles. The number of nitrogens with one attached hydrogen (secondary N) is 1. The highest BCUT2D eigenvalue weighted by atomic mass is 32.2. The van der Waals surface area contributed by atoms with Crippen molar-refractivity contribution in [3.8, 4) is 5.75 Å². The number of rotatable bonds is 7. The molecule has 1 aromatic carbocycles. The molecule has 0 radical (unpaired) electrons. The molecule has 0 saturated heterocycles. The van der Waals surface area contributed by atoms with Gasteiger partial charge in [-0.2, -0.15) is 0 Å². The number of halogens is 3. The molecule has 2 N–H and O–H groups in total. The van der Waals surface area contributed by atoms with Crippen molar-refractivity contribution in [1.82, 2.24) is 4.72 Å². The number of aliphatic hydroxyl groups is 1.